The Morgan fingerprint density at radius 2 is 1.71 bits per heavy atom. The summed E-state index contributed by atoms with van der Waals surface area (Å²) in [4.78, 5) is 2.70. The highest BCUT2D eigenvalue weighted by molar-refractivity contribution is 4.91. The van der Waals surface area contributed by atoms with Crippen molar-refractivity contribution in [2.24, 2.45) is 17.8 Å². The largest absolute Gasteiger partial charge is 0.316 e. The second-order valence-corrected chi connectivity index (χ2v) is 5.08. The van der Waals surface area contributed by atoms with Crippen molar-refractivity contribution in [2.45, 2.75) is 26.7 Å². The predicted octanol–water partition coefficient (Wildman–Crippen LogP) is 1.57. The minimum atomic E-state index is 0.932. The fourth-order valence-corrected chi connectivity index (χ4v) is 3.01. The van der Waals surface area contributed by atoms with E-state index in [1.165, 1.54) is 45.6 Å². The monoisotopic (exact) mass is 196 g/mol. The van der Waals surface area contributed by atoms with Crippen molar-refractivity contribution >= 4 is 0 Å². The molecule has 2 heteroatoms. The van der Waals surface area contributed by atoms with Crippen LogP contribution >= 0.6 is 0 Å². The molecule has 2 heterocycles. The smallest absolute Gasteiger partial charge is 0.00257 e. The van der Waals surface area contributed by atoms with E-state index in [1.807, 2.05) is 0 Å². The quantitative estimate of drug-likeness (QED) is 0.734. The number of rotatable bonds is 4. The predicted molar refractivity (Wildman–Crippen MR) is 60.4 cm³/mol. The second kappa shape index (κ2) is 4.63. The van der Waals surface area contributed by atoms with Gasteiger partial charge >= 0.3 is 0 Å². The maximum atomic E-state index is 3.50. The van der Waals surface area contributed by atoms with Gasteiger partial charge in [-0.25, -0.2) is 0 Å². The number of nitrogens with zero attached hydrogens (tertiary/aromatic N) is 1. The van der Waals surface area contributed by atoms with Crippen LogP contribution in [0, 0.1) is 17.8 Å². The molecule has 0 aromatic rings. The minimum absolute atomic E-state index is 0.932. The minimum Gasteiger partial charge on any atom is -0.316 e. The lowest BCUT2D eigenvalue weighted by Gasteiger charge is -2.22. The summed E-state index contributed by atoms with van der Waals surface area (Å²) < 4.78 is 0. The number of hydrogen-bond acceptors (Lipinski definition) is 2. The van der Waals surface area contributed by atoms with Gasteiger partial charge in [0.15, 0.2) is 0 Å². The standard InChI is InChI=1S/C12H24N2/c1-3-10(4-2)7-14-8-11-5-13-6-12(11)9-14/h10-13H,3-9H2,1-2H3. The molecule has 0 bridgehead atoms. The summed E-state index contributed by atoms with van der Waals surface area (Å²) >= 11 is 0. The van der Waals surface area contributed by atoms with E-state index in [4.69, 9.17) is 0 Å². The van der Waals surface area contributed by atoms with Gasteiger partial charge in [-0.1, -0.05) is 26.7 Å². The summed E-state index contributed by atoms with van der Waals surface area (Å²) in [5, 5.41) is 3.50. The highest BCUT2D eigenvalue weighted by atomic mass is 15.2. The number of nitrogens with one attached hydrogen (secondary N) is 1. The molecule has 0 aromatic carbocycles. The van der Waals surface area contributed by atoms with E-state index < -0.39 is 0 Å². The van der Waals surface area contributed by atoms with Gasteiger partial charge < -0.3 is 10.2 Å². The number of likely N-dealkylation sites (tertiary alicyclic amines) is 1. The molecular formula is C12H24N2. The number of hydrogen-bond donors (Lipinski definition) is 1. The maximum Gasteiger partial charge on any atom is 0.00257 e. The van der Waals surface area contributed by atoms with Crippen LogP contribution in [0.25, 0.3) is 0 Å². The van der Waals surface area contributed by atoms with Crippen LogP contribution in [0.15, 0.2) is 0 Å². The van der Waals surface area contributed by atoms with Crippen molar-refractivity contribution in [3.05, 3.63) is 0 Å². The van der Waals surface area contributed by atoms with Gasteiger partial charge in [0, 0.05) is 19.6 Å². The van der Waals surface area contributed by atoms with Gasteiger partial charge in [-0.3, -0.25) is 0 Å². The van der Waals surface area contributed by atoms with E-state index >= 15 is 0 Å². The summed E-state index contributed by atoms with van der Waals surface area (Å²) in [6.07, 6.45) is 2.70. The van der Waals surface area contributed by atoms with E-state index in [1.54, 1.807) is 0 Å². The fourth-order valence-electron chi connectivity index (χ4n) is 3.01. The van der Waals surface area contributed by atoms with Crippen LogP contribution in [0.3, 0.4) is 0 Å². The molecule has 0 aromatic heterocycles. The van der Waals surface area contributed by atoms with E-state index in [9.17, 15) is 0 Å². The molecule has 14 heavy (non-hydrogen) atoms. The molecule has 2 fully saturated rings. The topological polar surface area (TPSA) is 15.3 Å². The number of fused-ring (bicyclic) bond motifs is 1. The average molecular weight is 196 g/mol. The second-order valence-electron chi connectivity index (χ2n) is 5.08. The van der Waals surface area contributed by atoms with Crippen LogP contribution in [-0.4, -0.2) is 37.6 Å². The third-order valence-corrected chi connectivity index (χ3v) is 4.14. The van der Waals surface area contributed by atoms with Crippen molar-refractivity contribution in [3.63, 3.8) is 0 Å². The Balaban J connectivity index is 1.78. The van der Waals surface area contributed by atoms with Gasteiger partial charge in [0.25, 0.3) is 0 Å². The normalized spacial score (nSPS) is 32.8. The highest BCUT2D eigenvalue weighted by Crippen LogP contribution is 2.27. The van der Waals surface area contributed by atoms with Crippen LogP contribution < -0.4 is 5.32 Å². The lowest BCUT2D eigenvalue weighted by atomic mass is 10.0. The third-order valence-electron chi connectivity index (χ3n) is 4.14. The zero-order valence-corrected chi connectivity index (χ0v) is 9.63. The molecule has 2 aliphatic rings. The summed E-state index contributed by atoms with van der Waals surface area (Å²) in [5.41, 5.74) is 0. The highest BCUT2D eigenvalue weighted by Gasteiger charge is 2.36. The lowest BCUT2D eigenvalue weighted by molar-refractivity contribution is 0.252. The third kappa shape index (κ3) is 2.12. The Morgan fingerprint density at radius 3 is 2.21 bits per heavy atom. The van der Waals surface area contributed by atoms with Crippen molar-refractivity contribution in [2.75, 3.05) is 32.7 Å². The van der Waals surface area contributed by atoms with Crippen LogP contribution in [-0.2, 0) is 0 Å². The molecule has 0 saturated carbocycles. The molecule has 0 amide bonds. The molecule has 2 rings (SSSR count). The maximum absolute atomic E-state index is 3.50. The molecule has 0 radical (unpaired) electrons. The Morgan fingerprint density at radius 1 is 1.14 bits per heavy atom. The van der Waals surface area contributed by atoms with E-state index in [0.717, 1.165) is 17.8 Å². The molecule has 2 saturated heterocycles. The van der Waals surface area contributed by atoms with Gasteiger partial charge in [0.1, 0.15) is 0 Å². The van der Waals surface area contributed by atoms with Crippen molar-refractivity contribution in [3.8, 4) is 0 Å². The Kier molecular flexibility index (Phi) is 3.45. The van der Waals surface area contributed by atoms with Gasteiger partial charge in [0.05, 0.1) is 0 Å². The SMILES string of the molecule is CCC(CC)CN1CC2CNCC2C1. The summed E-state index contributed by atoms with van der Waals surface area (Å²) in [7, 11) is 0. The fraction of sp³-hybridized carbons (Fsp3) is 1.00. The molecule has 2 aliphatic heterocycles. The first-order chi connectivity index (χ1) is 6.83. The van der Waals surface area contributed by atoms with Gasteiger partial charge in [-0.05, 0) is 30.8 Å². The zero-order chi connectivity index (χ0) is 9.97. The first kappa shape index (κ1) is 10.4. The van der Waals surface area contributed by atoms with E-state index in [2.05, 4.69) is 24.1 Å². The van der Waals surface area contributed by atoms with Gasteiger partial charge in [0.2, 0.25) is 0 Å². The molecule has 82 valence electrons. The van der Waals surface area contributed by atoms with Crippen molar-refractivity contribution in [1.82, 2.24) is 10.2 Å². The average Bonchev–Trinajstić information content (AvgIpc) is 2.73. The molecule has 2 nitrogen and oxygen atoms in total. The first-order valence-electron chi connectivity index (χ1n) is 6.26. The van der Waals surface area contributed by atoms with Crippen LogP contribution in [0.1, 0.15) is 26.7 Å². The molecule has 2 atom stereocenters. The Bertz CT molecular complexity index is 165. The summed E-state index contributed by atoms with van der Waals surface area (Å²) in [5.74, 6) is 2.86. The Hall–Kier alpha value is -0.0800. The van der Waals surface area contributed by atoms with Gasteiger partial charge in [-0.15, -0.1) is 0 Å². The molecule has 1 N–H and O–H groups in total. The van der Waals surface area contributed by atoms with Crippen molar-refractivity contribution < 1.29 is 0 Å². The Labute approximate surface area is 88.1 Å². The zero-order valence-electron chi connectivity index (χ0n) is 9.63. The molecule has 2 unspecified atom stereocenters. The molecule has 0 aliphatic carbocycles. The van der Waals surface area contributed by atoms with Crippen molar-refractivity contribution in [1.29, 1.82) is 0 Å². The van der Waals surface area contributed by atoms with Crippen LogP contribution in [0.2, 0.25) is 0 Å². The van der Waals surface area contributed by atoms with E-state index in [-0.39, 0.29) is 0 Å². The van der Waals surface area contributed by atoms with Gasteiger partial charge in [-0.2, -0.15) is 0 Å². The van der Waals surface area contributed by atoms with Crippen LogP contribution in [0.4, 0.5) is 0 Å². The first-order valence-corrected chi connectivity index (χ1v) is 6.26. The summed E-state index contributed by atoms with van der Waals surface area (Å²) in [6, 6.07) is 0. The summed E-state index contributed by atoms with van der Waals surface area (Å²) in [6.45, 7) is 11.2. The molecule has 0 spiro atoms. The molecular weight excluding hydrogens is 172 g/mol. The van der Waals surface area contributed by atoms with Crippen LogP contribution in [0.5, 0.6) is 0 Å². The van der Waals surface area contributed by atoms with E-state index in [0.29, 0.717) is 0 Å². The lowest BCUT2D eigenvalue weighted by Crippen LogP contribution is -2.30.